The standard InChI is InChI=1S/C31H24F3N7O2/c1-17-14-41(16-37-17)24-9-19(8-20(10-24)31(32,33)34)29(42)39-22-5-3-4-21(11-22)38-23-6-7-25-26(30(43)40-28(25)12-23)13-27-18(2)35-15-36-27/h3-16,38H,1-2H3,(H,35,36)(H,39,42)(H,40,43)/b26-13-. The molecule has 0 unspecified atom stereocenters. The second-order valence-electron chi connectivity index (χ2n) is 10.0. The minimum atomic E-state index is -4.64. The van der Waals surface area contributed by atoms with Crippen LogP contribution in [0, 0.1) is 13.8 Å². The van der Waals surface area contributed by atoms with E-state index in [9.17, 15) is 22.8 Å². The maximum Gasteiger partial charge on any atom is 0.416 e. The van der Waals surface area contributed by atoms with Gasteiger partial charge in [-0.2, -0.15) is 13.2 Å². The Kier molecular flexibility index (Phi) is 6.81. The number of nitrogens with zero attached hydrogens (tertiary/aromatic N) is 3. The quantitative estimate of drug-likeness (QED) is 0.166. The lowest BCUT2D eigenvalue weighted by Gasteiger charge is -2.14. The van der Waals surface area contributed by atoms with Gasteiger partial charge >= 0.3 is 6.18 Å². The summed E-state index contributed by atoms with van der Waals surface area (Å²) >= 11 is 0. The van der Waals surface area contributed by atoms with Crippen LogP contribution in [0.15, 0.2) is 79.5 Å². The summed E-state index contributed by atoms with van der Waals surface area (Å²) < 4.78 is 42.4. The van der Waals surface area contributed by atoms with Crippen LogP contribution in [0.3, 0.4) is 0 Å². The summed E-state index contributed by atoms with van der Waals surface area (Å²) in [7, 11) is 0. The van der Waals surface area contributed by atoms with E-state index in [-0.39, 0.29) is 17.2 Å². The van der Waals surface area contributed by atoms with Gasteiger partial charge in [0.2, 0.25) is 0 Å². The first-order valence-electron chi connectivity index (χ1n) is 13.1. The molecule has 0 fully saturated rings. The molecule has 1 aliphatic heterocycles. The molecule has 12 heteroatoms. The van der Waals surface area contributed by atoms with E-state index in [0.29, 0.717) is 34.0 Å². The Hall–Kier alpha value is -5.65. The van der Waals surface area contributed by atoms with Crippen molar-refractivity contribution in [1.82, 2.24) is 19.5 Å². The van der Waals surface area contributed by atoms with Crippen LogP contribution >= 0.6 is 0 Å². The average Bonchev–Trinajstić information content (AvgIpc) is 3.66. The third-order valence-corrected chi connectivity index (χ3v) is 6.89. The summed E-state index contributed by atoms with van der Waals surface area (Å²) in [5.41, 5.74) is 4.78. The number of rotatable bonds is 6. The largest absolute Gasteiger partial charge is 0.416 e. The zero-order chi connectivity index (χ0) is 30.3. The maximum absolute atomic E-state index is 13.7. The summed E-state index contributed by atoms with van der Waals surface area (Å²) in [6.45, 7) is 3.56. The number of hydrogen-bond donors (Lipinski definition) is 4. The Labute approximate surface area is 243 Å². The van der Waals surface area contributed by atoms with Crippen LogP contribution in [-0.2, 0) is 11.0 Å². The van der Waals surface area contributed by atoms with Crippen molar-refractivity contribution in [1.29, 1.82) is 0 Å². The van der Waals surface area contributed by atoms with Crippen molar-refractivity contribution >= 4 is 46.2 Å². The number of nitrogens with one attached hydrogen (secondary N) is 4. The number of benzene rings is 3. The van der Waals surface area contributed by atoms with Gasteiger partial charge in [-0.15, -0.1) is 0 Å². The SMILES string of the molecule is Cc1cn(-c2cc(C(=O)Nc3cccc(Nc4ccc5c(c4)NC(=O)/C5=C\c4[nH]cnc4C)c3)cc(C(F)(F)F)c2)cn1. The van der Waals surface area contributed by atoms with Crippen LogP contribution in [-0.4, -0.2) is 31.3 Å². The van der Waals surface area contributed by atoms with Crippen molar-refractivity contribution in [2.75, 3.05) is 16.0 Å². The molecule has 0 atom stereocenters. The molecule has 216 valence electrons. The van der Waals surface area contributed by atoms with E-state index < -0.39 is 17.6 Å². The zero-order valence-corrected chi connectivity index (χ0v) is 22.9. The molecule has 0 spiro atoms. The highest BCUT2D eigenvalue weighted by molar-refractivity contribution is 6.35. The van der Waals surface area contributed by atoms with Gasteiger partial charge in [0.25, 0.3) is 11.8 Å². The van der Waals surface area contributed by atoms with Gasteiger partial charge in [-0.1, -0.05) is 12.1 Å². The van der Waals surface area contributed by atoms with Gasteiger partial charge in [0.05, 0.1) is 46.6 Å². The molecule has 3 heterocycles. The lowest BCUT2D eigenvalue weighted by Crippen LogP contribution is -2.15. The van der Waals surface area contributed by atoms with E-state index in [1.807, 2.05) is 19.1 Å². The third kappa shape index (κ3) is 5.75. The number of H-pyrrole nitrogens is 1. The summed E-state index contributed by atoms with van der Waals surface area (Å²) in [6.07, 6.45) is 1.65. The van der Waals surface area contributed by atoms with Crippen molar-refractivity contribution in [3.63, 3.8) is 0 Å². The number of alkyl halides is 3. The lowest BCUT2D eigenvalue weighted by molar-refractivity contribution is -0.137. The number of hydrogen-bond acceptors (Lipinski definition) is 5. The van der Waals surface area contributed by atoms with Gasteiger partial charge in [-0.05, 0) is 68.5 Å². The van der Waals surface area contributed by atoms with Gasteiger partial charge in [-0.3, -0.25) is 9.59 Å². The molecule has 0 bridgehead atoms. The molecular formula is C31H24F3N7O2. The fourth-order valence-electron chi connectivity index (χ4n) is 4.74. The molecule has 0 saturated heterocycles. The van der Waals surface area contributed by atoms with Gasteiger partial charge in [-0.25, -0.2) is 9.97 Å². The summed E-state index contributed by atoms with van der Waals surface area (Å²) in [5, 5.41) is 8.79. The molecule has 5 aromatic rings. The first kappa shape index (κ1) is 27.5. The van der Waals surface area contributed by atoms with Crippen molar-refractivity contribution in [3.8, 4) is 5.69 Å². The number of anilines is 4. The van der Waals surface area contributed by atoms with Gasteiger partial charge in [0.15, 0.2) is 0 Å². The van der Waals surface area contributed by atoms with Crippen LogP contribution in [0.1, 0.15) is 38.6 Å². The molecule has 9 nitrogen and oxygen atoms in total. The Balaban J connectivity index is 1.21. The van der Waals surface area contributed by atoms with E-state index >= 15 is 0 Å². The van der Waals surface area contributed by atoms with Crippen LogP contribution < -0.4 is 16.0 Å². The second kappa shape index (κ2) is 10.6. The number of aromatic amines is 1. The monoisotopic (exact) mass is 583 g/mol. The molecule has 4 N–H and O–H groups in total. The van der Waals surface area contributed by atoms with E-state index in [2.05, 4.69) is 30.9 Å². The van der Waals surface area contributed by atoms with Crippen LogP contribution in [0.25, 0.3) is 17.3 Å². The second-order valence-corrected chi connectivity index (χ2v) is 10.0. The van der Waals surface area contributed by atoms with E-state index in [4.69, 9.17) is 0 Å². The molecule has 0 aliphatic carbocycles. The molecule has 43 heavy (non-hydrogen) atoms. The number of amides is 2. The van der Waals surface area contributed by atoms with E-state index in [1.165, 1.54) is 17.0 Å². The van der Waals surface area contributed by atoms with Crippen LogP contribution in [0.4, 0.5) is 35.9 Å². The van der Waals surface area contributed by atoms with Crippen LogP contribution in [0.5, 0.6) is 0 Å². The minimum absolute atomic E-state index is 0.155. The maximum atomic E-state index is 13.7. The smallest absolute Gasteiger partial charge is 0.355 e. The molecule has 0 saturated carbocycles. The highest BCUT2D eigenvalue weighted by atomic mass is 19.4. The van der Waals surface area contributed by atoms with Crippen molar-refractivity contribution in [2.45, 2.75) is 20.0 Å². The first-order valence-corrected chi connectivity index (χ1v) is 13.1. The number of fused-ring (bicyclic) bond motifs is 1. The molecule has 3 aromatic carbocycles. The number of halogens is 3. The molecule has 0 radical (unpaired) electrons. The first-order chi connectivity index (χ1) is 20.5. The van der Waals surface area contributed by atoms with E-state index in [1.54, 1.807) is 55.9 Å². The van der Waals surface area contributed by atoms with Crippen molar-refractivity contribution in [2.24, 2.45) is 0 Å². The number of carbonyl (C=O) groups excluding carboxylic acids is 2. The van der Waals surface area contributed by atoms with Gasteiger partial charge in [0, 0.05) is 40.1 Å². The minimum Gasteiger partial charge on any atom is -0.355 e. The predicted molar refractivity (Wildman–Crippen MR) is 157 cm³/mol. The summed E-state index contributed by atoms with van der Waals surface area (Å²) in [4.78, 5) is 37.0. The predicted octanol–water partition coefficient (Wildman–Crippen LogP) is 6.72. The molecule has 2 aromatic heterocycles. The number of aromatic nitrogens is 4. The normalized spacial score (nSPS) is 13.6. The fraction of sp³-hybridized carbons (Fsp3) is 0.0968. The van der Waals surface area contributed by atoms with Crippen molar-refractivity contribution < 1.29 is 22.8 Å². The fourth-order valence-corrected chi connectivity index (χ4v) is 4.74. The Morgan fingerprint density at radius 2 is 1.77 bits per heavy atom. The number of aryl methyl sites for hydroxylation is 2. The van der Waals surface area contributed by atoms with Crippen LogP contribution in [0.2, 0.25) is 0 Å². The van der Waals surface area contributed by atoms with Gasteiger partial charge < -0.3 is 25.5 Å². The highest BCUT2D eigenvalue weighted by Gasteiger charge is 2.32. The molecule has 6 rings (SSSR count). The highest BCUT2D eigenvalue weighted by Crippen LogP contribution is 2.36. The molecule has 1 aliphatic rings. The number of imidazole rings is 2. The number of carbonyl (C=O) groups is 2. The topological polar surface area (TPSA) is 117 Å². The lowest BCUT2D eigenvalue weighted by atomic mass is 10.0. The Morgan fingerprint density at radius 3 is 2.49 bits per heavy atom. The summed E-state index contributed by atoms with van der Waals surface area (Å²) in [5.74, 6) is -0.930. The molecule has 2 amide bonds. The Bertz CT molecular complexity index is 1920. The summed E-state index contributed by atoms with van der Waals surface area (Å²) in [6, 6.07) is 15.4. The Morgan fingerprint density at radius 1 is 0.977 bits per heavy atom. The third-order valence-electron chi connectivity index (χ3n) is 6.89. The average molecular weight is 584 g/mol. The zero-order valence-electron chi connectivity index (χ0n) is 22.9. The van der Waals surface area contributed by atoms with E-state index in [0.717, 1.165) is 29.1 Å². The van der Waals surface area contributed by atoms with Crippen molar-refractivity contribution in [3.05, 3.63) is 113 Å². The molecular weight excluding hydrogens is 559 g/mol. The van der Waals surface area contributed by atoms with Gasteiger partial charge in [0.1, 0.15) is 0 Å².